The van der Waals surface area contributed by atoms with Gasteiger partial charge in [0.05, 0.1) is 23.5 Å². The van der Waals surface area contributed by atoms with Crippen LogP contribution in [0.5, 0.6) is 0 Å². The molecule has 0 aromatic carbocycles. The SMILES string of the molecule is CCn1cc(C(=O)N2CCC3(CC2)OCCCC3O)cn1. The number of rotatable bonds is 2. The Labute approximate surface area is 124 Å². The quantitative estimate of drug-likeness (QED) is 0.885. The Balaban J connectivity index is 1.63. The Morgan fingerprint density at radius 3 is 2.90 bits per heavy atom. The maximum absolute atomic E-state index is 12.5. The Kier molecular flexibility index (Phi) is 3.99. The largest absolute Gasteiger partial charge is 0.390 e. The van der Waals surface area contributed by atoms with Gasteiger partial charge in [0.1, 0.15) is 0 Å². The number of carbonyl (C=O) groups is 1. The zero-order chi connectivity index (χ0) is 14.9. The lowest BCUT2D eigenvalue weighted by Crippen LogP contribution is -2.56. The number of amides is 1. The smallest absolute Gasteiger partial charge is 0.257 e. The van der Waals surface area contributed by atoms with Crippen molar-refractivity contribution in [2.45, 2.75) is 50.9 Å². The lowest BCUT2D eigenvalue weighted by atomic mass is 9.82. The molecule has 1 spiro atoms. The molecule has 1 N–H and O–H groups in total. The van der Waals surface area contributed by atoms with Gasteiger partial charge in [-0.25, -0.2) is 0 Å². The molecule has 1 aromatic heterocycles. The Morgan fingerprint density at radius 2 is 2.29 bits per heavy atom. The van der Waals surface area contributed by atoms with E-state index in [0.717, 1.165) is 19.4 Å². The molecule has 1 unspecified atom stereocenters. The number of ether oxygens (including phenoxy) is 1. The van der Waals surface area contributed by atoms with Gasteiger partial charge in [-0.2, -0.15) is 5.10 Å². The van der Waals surface area contributed by atoms with E-state index in [2.05, 4.69) is 5.10 Å². The minimum atomic E-state index is -0.428. The summed E-state index contributed by atoms with van der Waals surface area (Å²) in [5, 5.41) is 14.4. The second-order valence-electron chi connectivity index (χ2n) is 5.95. The topological polar surface area (TPSA) is 67.6 Å². The van der Waals surface area contributed by atoms with Crippen LogP contribution in [0.4, 0.5) is 0 Å². The van der Waals surface area contributed by atoms with E-state index in [0.29, 0.717) is 38.1 Å². The maximum Gasteiger partial charge on any atom is 0.257 e. The van der Waals surface area contributed by atoms with Crippen molar-refractivity contribution in [3.05, 3.63) is 18.0 Å². The summed E-state index contributed by atoms with van der Waals surface area (Å²) in [6, 6.07) is 0. The molecule has 0 aliphatic carbocycles. The number of likely N-dealkylation sites (tertiary alicyclic amines) is 1. The predicted molar refractivity (Wildman–Crippen MR) is 77.0 cm³/mol. The van der Waals surface area contributed by atoms with Gasteiger partial charge in [-0.3, -0.25) is 9.48 Å². The molecule has 2 aliphatic heterocycles. The normalized spacial score (nSPS) is 25.2. The molecule has 1 amide bonds. The summed E-state index contributed by atoms with van der Waals surface area (Å²) < 4.78 is 7.63. The highest BCUT2D eigenvalue weighted by atomic mass is 16.5. The average molecular weight is 293 g/mol. The summed E-state index contributed by atoms with van der Waals surface area (Å²) in [4.78, 5) is 14.3. The van der Waals surface area contributed by atoms with E-state index in [1.54, 1.807) is 17.1 Å². The molecule has 21 heavy (non-hydrogen) atoms. The summed E-state index contributed by atoms with van der Waals surface area (Å²) in [5.41, 5.74) is 0.209. The third kappa shape index (κ3) is 2.70. The molecule has 1 aromatic rings. The van der Waals surface area contributed by atoms with Gasteiger partial charge in [-0.05, 0) is 32.6 Å². The first kappa shape index (κ1) is 14.5. The number of aliphatic hydroxyl groups is 1. The maximum atomic E-state index is 12.5. The van der Waals surface area contributed by atoms with Gasteiger partial charge in [0.2, 0.25) is 0 Å². The first-order chi connectivity index (χ1) is 10.1. The minimum Gasteiger partial charge on any atom is -0.390 e. The van der Waals surface area contributed by atoms with Crippen LogP contribution in [-0.2, 0) is 11.3 Å². The summed E-state index contributed by atoms with van der Waals surface area (Å²) in [6.07, 6.45) is 6.16. The van der Waals surface area contributed by atoms with Crippen molar-refractivity contribution in [3.63, 3.8) is 0 Å². The van der Waals surface area contributed by atoms with Crippen LogP contribution in [0.3, 0.4) is 0 Å². The van der Waals surface area contributed by atoms with Crippen molar-refractivity contribution in [1.29, 1.82) is 0 Å². The fraction of sp³-hybridized carbons (Fsp3) is 0.733. The van der Waals surface area contributed by atoms with Crippen LogP contribution < -0.4 is 0 Å². The van der Waals surface area contributed by atoms with Crippen LogP contribution in [0, 0.1) is 0 Å². The first-order valence-corrected chi connectivity index (χ1v) is 7.78. The number of aryl methyl sites for hydroxylation is 1. The van der Waals surface area contributed by atoms with Crippen molar-refractivity contribution in [2.75, 3.05) is 19.7 Å². The van der Waals surface area contributed by atoms with Gasteiger partial charge in [0.15, 0.2) is 0 Å². The second-order valence-corrected chi connectivity index (χ2v) is 5.95. The third-order valence-corrected chi connectivity index (χ3v) is 4.72. The van der Waals surface area contributed by atoms with Crippen molar-refractivity contribution in [3.8, 4) is 0 Å². The summed E-state index contributed by atoms with van der Waals surface area (Å²) in [7, 11) is 0. The van der Waals surface area contributed by atoms with E-state index < -0.39 is 11.7 Å². The highest BCUT2D eigenvalue weighted by Crippen LogP contribution is 2.35. The molecule has 2 aliphatic rings. The van der Waals surface area contributed by atoms with Gasteiger partial charge in [-0.15, -0.1) is 0 Å². The molecule has 0 saturated carbocycles. The van der Waals surface area contributed by atoms with Gasteiger partial charge in [-0.1, -0.05) is 0 Å². The van der Waals surface area contributed by atoms with E-state index in [-0.39, 0.29) is 5.91 Å². The van der Waals surface area contributed by atoms with E-state index in [1.165, 1.54) is 0 Å². The molecule has 116 valence electrons. The second kappa shape index (κ2) is 5.77. The van der Waals surface area contributed by atoms with Gasteiger partial charge in [0.25, 0.3) is 5.91 Å². The monoisotopic (exact) mass is 293 g/mol. The number of hydrogen-bond acceptors (Lipinski definition) is 4. The Bertz CT molecular complexity index is 506. The lowest BCUT2D eigenvalue weighted by Gasteiger charge is -2.46. The van der Waals surface area contributed by atoms with Gasteiger partial charge >= 0.3 is 0 Å². The lowest BCUT2D eigenvalue weighted by molar-refractivity contribution is -0.174. The van der Waals surface area contributed by atoms with Crippen LogP contribution in [-0.4, -0.2) is 57.1 Å². The average Bonchev–Trinajstić information content (AvgIpc) is 2.99. The van der Waals surface area contributed by atoms with Gasteiger partial charge in [0, 0.05) is 32.4 Å². The van der Waals surface area contributed by atoms with Crippen LogP contribution in [0.2, 0.25) is 0 Å². The molecule has 1 atom stereocenters. The van der Waals surface area contributed by atoms with Crippen LogP contribution in [0.1, 0.15) is 43.0 Å². The molecule has 6 nitrogen and oxygen atoms in total. The minimum absolute atomic E-state index is 0.0230. The number of aromatic nitrogens is 2. The highest BCUT2D eigenvalue weighted by molar-refractivity contribution is 5.93. The van der Waals surface area contributed by atoms with Crippen LogP contribution in [0.15, 0.2) is 12.4 Å². The molecule has 2 saturated heterocycles. The molecule has 6 heteroatoms. The third-order valence-electron chi connectivity index (χ3n) is 4.72. The van der Waals surface area contributed by atoms with Crippen LogP contribution in [0.25, 0.3) is 0 Å². The molecule has 3 rings (SSSR count). The standard InChI is InChI=1S/C15H23N3O3/c1-2-18-11-12(10-16-18)14(20)17-7-5-15(6-8-17)13(19)4-3-9-21-15/h10-11,13,19H,2-9H2,1H3. The zero-order valence-corrected chi connectivity index (χ0v) is 12.5. The van der Waals surface area contributed by atoms with E-state index in [4.69, 9.17) is 4.74 Å². The molecule has 2 fully saturated rings. The van der Waals surface area contributed by atoms with Crippen molar-refractivity contribution in [1.82, 2.24) is 14.7 Å². The molecule has 0 radical (unpaired) electrons. The number of nitrogens with zero attached hydrogens (tertiary/aromatic N) is 3. The Morgan fingerprint density at radius 1 is 1.52 bits per heavy atom. The number of aliphatic hydroxyl groups excluding tert-OH is 1. The Hall–Kier alpha value is -1.40. The highest BCUT2D eigenvalue weighted by Gasteiger charge is 2.44. The zero-order valence-electron chi connectivity index (χ0n) is 12.5. The summed E-state index contributed by atoms with van der Waals surface area (Å²) >= 11 is 0. The number of hydrogen-bond donors (Lipinski definition) is 1. The van der Waals surface area contributed by atoms with E-state index in [9.17, 15) is 9.90 Å². The molecule has 0 bridgehead atoms. The summed E-state index contributed by atoms with van der Waals surface area (Å²) in [5.74, 6) is 0.0230. The van der Waals surface area contributed by atoms with Crippen molar-refractivity contribution < 1.29 is 14.6 Å². The fourth-order valence-electron chi connectivity index (χ4n) is 3.31. The van der Waals surface area contributed by atoms with E-state index >= 15 is 0 Å². The number of piperidine rings is 1. The van der Waals surface area contributed by atoms with E-state index in [1.807, 2.05) is 11.8 Å². The number of carbonyl (C=O) groups excluding carboxylic acids is 1. The van der Waals surface area contributed by atoms with Crippen molar-refractivity contribution in [2.24, 2.45) is 0 Å². The van der Waals surface area contributed by atoms with Crippen molar-refractivity contribution >= 4 is 5.91 Å². The fourth-order valence-corrected chi connectivity index (χ4v) is 3.31. The van der Waals surface area contributed by atoms with Crippen LogP contribution >= 0.6 is 0 Å². The predicted octanol–water partition coefficient (Wildman–Crippen LogP) is 1.05. The molecule has 3 heterocycles. The first-order valence-electron chi connectivity index (χ1n) is 7.78. The molecular formula is C15H23N3O3. The van der Waals surface area contributed by atoms with Gasteiger partial charge < -0.3 is 14.7 Å². The molecular weight excluding hydrogens is 270 g/mol. The summed E-state index contributed by atoms with van der Waals surface area (Å²) in [6.45, 7) is 4.73.